The van der Waals surface area contributed by atoms with Gasteiger partial charge in [0.1, 0.15) is 6.07 Å². The first-order valence-corrected chi connectivity index (χ1v) is 7.37. The third-order valence-corrected chi connectivity index (χ3v) is 4.28. The predicted molar refractivity (Wildman–Crippen MR) is 83.8 cm³/mol. The van der Waals surface area contributed by atoms with Gasteiger partial charge in [-0.15, -0.1) is 0 Å². The molecule has 1 heterocycles. The largest absolute Gasteiger partial charge is 0.379 e. The molecule has 0 aliphatic heterocycles. The highest BCUT2D eigenvalue weighted by atomic mass is 79.9. The lowest BCUT2D eigenvalue weighted by atomic mass is 10.2. The van der Waals surface area contributed by atoms with Gasteiger partial charge in [-0.2, -0.15) is 10.4 Å². The van der Waals surface area contributed by atoms with Gasteiger partial charge < -0.3 is 5.32 Å². The molecular formula is C14H14BrClN4. The van der Waals surface area contributed by atoms with E-state index in [1.165, 1.54) is 0 Å². The van der Waals surface area contributed by atoms with Crippen molar-refractivity contribution < 1.29 is 0 Å². The summed E-state index contributed by atoms with van der Waals surface area (Å²) in [4.78, 5) is 0. The van der Waals surface area contributed by atoms with Crippen LogP contribution in [0, 0.1) is 11.3 Å². The molecule has 0 fully saturated rings. The number of aromatic nitrogens is 2. The number of rotatable bonds is 4. The summed E-state index contributed by atoms with van der Waals surface area (Å²) in [6, 6.07) is 7.35. The smallest absolute Gasteiger partial charge is 0.101 e. The lowest BCUT2D eigenvalue weighted by Crippen LogP contribution is -2.06. The van der Waals surface area contributed by atoms with E-state index in [4.69, 9.17) is 16.9 Å². The Labute approximate surface area is 131 Å². The number of nitrogens with one attached hydrogen (secondary N) is 1. The first-order valence-electron chi connectivity index (χ1n) is 6.20. The fourth-order valence-corrected chi connectivity index (χ4v) is 2.89. The van der Waals surface area contributed by atoms with Gasteiger partial charge in [0.2, 0.25) is 0 Å². The van der Waals surface area contributed by atoms with Gasteiger partial charge in [-0.25, -0.2) is 0 Å². The molecule has 6 heteroatoms. The first-order chi connectivity index (χ1) is 9.56. The topological polar surface area (TPSA) is 53.6 Å². The third kappa shape index (κ3) is 2.97. The number of hydrogen-bond donors (Lipinski definition) is 1. The number of nitriles is 1. The summed E-state index contributed by atoms with van der Waals surface area (Å²) < 4.78 is 2.90. The summed E-state index contributed by atoms with van der Waals surface area (Å²) in [5, 5.41) is 17.0. The van der Waals surface area contributed by atoms with Crippen LogP contribution in [-0.4, -0.2) is 9.78 Å². The minimum Gasteiger partial charge on any atom is -0.379 e. The Hall–Kier alpha value is -1.51. The molecule has 1 aromatic carbocycles. The van der Waals surface area contributed by atoms with Crippen LogP contribution in [0.25, 0.3) is 0 Å². The second kappa shape index (κ2) is 6.29. The molecule has 104 valence electrons. The Morgan fingerprint density at radius 1 is 1.50 bits per heavy atom. The maximum atomic E-state index is 8.85. The molecule has 0 atom stereocenters. The molecule has 1 N–H and O–H groups in total. The SMILES string of the molecule is CCc1nn(C)c(CNc2ccc(C#N)c(Cl)c2)c1Br. The van der Waals surface area contributed by atoms with Crippen LogP contribution in [0.4, 0.5) is 5.69 Å². The molecule has 2 rings (SSSR count). The van der Waals surface area contributed by atoms with Crippen molar-refractivity contribution in [2.24, 2.45) is 7.05 Å². The van der Waals surface area contributed by atoms with E-state index in [9.17, 15) is 0 Å². The fourth-order valence-electron chi connectivity index (χ4n) is 1.91. The third-order valence-electron chi connectivity index (χ3n) is 3.05. The van der Waals surface area contributed by atoms with Crippen molar-refractivity contribution in [2.75, 3.05) is 5.32 Å². The van der Waals surface area contributed by atoms with Crippen LogP contribution >= 0.6 is 27.5 Å². The standard InChI is InChI=1S/C14H14BrClN4/c1-3-12-14(15)13(20(2)19-12)8-18-10-5-4-9(7-17)11(16)6-10/h4-6,18H,3,8H2,1-2H3. The van der Waals surface area contributed by atoms with Crippen LogP contribution < -0.4 is 5.32 Å². The zero-order chi connectivity index (χ0) is 14.7. The molecule has 0 saturated carbocycles. The fraction of sp³-hybridized carbons (Fsp3) is 0.286. The van der Waals surface area contributed by atoms with Crippen LogP contribution in [0.2, 0.25) is 5.02 Å². The van der Waals surface area contributed by atoms with E-state index in [0.29, 0.717) is 17.1 Å². The minimum atomic E-state index is 0.454. The highest BCUT2D eigenvalue weighted by Gasteiger charge is 2.12. The van der Waals surface area contributed by atoms with Crippen LogP contribution in [0.3, 0.4) is 0 Å². The number of halogens is 2. The van der Waals surface area contributed by atoms with Crippen LogP contribution in [0.5, 0.6) is 0 Å². The zero-order valence-corrected chi connectivity index (χ0v) is 13.6. The summed E-state index contributed by atoms with van der Waals surface area (Å²) >= 11 is 9.59. The minimum absolute atomic E-state index is 0.454. The molecule has 2 aromatic rings. The monoisotopic (exact) mass is 352 g/mol. The quantitative estimate of drug-likeness (QED) is 0.907. The summed E-state index contributed by atoms with van der Waals surface area (Å²) in [5.41, 5.74) is 3.47. The number of benzene rings is 1. The van der Waals surface area contributed by atoms with E-state index in [0.717, 1.165) is 28.0 Å². The van der Waals surface area contributed by atoms with Crippen LogP contribution in [-0.2, 0) is 20.0 Å². The summed E-state index contributed by atoms with van der Waals surface area (Å²) in [6.45, 7) is 2.71. The van der Waals surface area contributed by atoms with Crippen molar-refractivity contribution in [2.45, 2.75) is 19.9 Å². The average molecular weight is 354 g/mol. The van der Waals surface area contributed by atoms with Crippen LogP contribution in [0.15, 0.2) is 22.7 Å². The van der Waals surface area contributed by atoms with Crippen molar-refractivity contribution in [3.05, 3.63) is 44.6 Å². The predicted octanol–water partition coefficient (Wildman–Crippen LogP) is 3.88. The summed E-state index contributed by atoms with van der Waals surface area (Å²) in [6.07, 6.45) is 0.886. The molecule has 0 aliphatic rings. The number of nitrogens with zero attached hydrogens (tertiary/aromatic N) is 3. The molecule has 0 aliphatic carbocycles. The van der Waals surface area contributed by atoms with Gasteiger partial charge in [0.15, 0.2) is 0 Å². The van der Waals surface area contributed by atoms with Crippen LogP contribution in [0.1, 0.15) is 23.9 Å². The van der Waals surface area contributed by atoms with E-state index in [1.54, 1.807) is 12.1 Å². The van der Waals surface area contributed by atoms with Gasteiger partial charge in [0.05, 0.1) is 33.0 Å². The van der Waals surface area contributed by atoms with Gasteiger partial charge in [-0.05, 0) is 40.5 Å². The summed E-state index contributed by atoms with van der Waals surface area (Å²) in [7, 11) is 1.92. The number of anilines is 1. The van der Waals surface area contributed by atoms with Gasteiger partial charge in [0, 0.05) is 12.7 Å². The number of hydrogen-bond acceptors (Lipinski definition) is 3. The Balaban J connectivity index is 2.15. The molecule has 4 nitrogen and oxygen atoms in total. The molecule has 0 unspecified atom stereocenters. The van der Waals surface area contributed by atoms with Crippen molar-refractivity contribution in [1.82, 2.24) is 9.78 Å². The highest BCUT2D eigenvalue weighted by molar-refractivity contribution is 9.10. The Morgan fingerprint density at radius 3 is 2.80 bits per heavy atom. The van der Waals surface area contributed by atoms with Gasteiger partial charge in [0.25, 0.3) is 0 Å². The van der Waals surface area contributed by atoms with Crippen molar-refractivity contribution in [3.8, 4) is 6.07 Å². The highest BCUT2D eigenvalue weighted by Crippen LogP contribution is 2.24. The van der Waals surface area contributed by atoms with Crippen molar-refractivity contribution >= 4 is 33.2 Å². The Bertz CT molecular complexity index is 673. The molecule has 0 spiro atoms. The van der Waals surface area contributed by atoms with Crippen molar-refractivity contribution in [3.63, 3.8) is 0 Å². The molecule has 1 aromatic heterocycles. The van der Waals surface area contributed by atoms with E-state index in [2.05, 4.69) is 33.3 Å². The van der Waals surface area contributed by atoms with Gasteiger partial charge in [-0.1, -0.05) is 18.5 Å². The van der Waals surface area contributed by atoms with E-state index < -0.39 is 0 Å². The average Bonchev–Trinajstić information content (AvgIpc) is 2.71. The second-order valence-corrected chi connectivity index (χ2v) is 5.54. The normalized spacial score (nSPS) is 10.3. The summed E-state index contributed by atoms with van der Waals surface area (Å²) in [5.74, 6) is 0. The molecule has 0 saturated heterocycles. The maximum Gasteiger partial charge on any atom is 0.101 e. The lowest BCUT2D eigenvalue weighted by molar-refractivity contribution is 0.706. The van der Waals surface area contributed by atoms with E-state index in [1.807, 2.05) is 23.9 Å². The molecule has 0 radical (unpaired) electrons. The zero-order valence-electron chi connectivity index (χ0n) is 11.2. The van der Waals surface area contributed by atoms with Crippen molar-refractivity contribution in [1.29, 1.82) is 5.26 Å². The molecule has 0 amide bonds. The second-order valence-electron chi connectivity index (χ2n) is 4.34. The van der Waals surface area contributed by atoms with Gasteiger partial charge in [-0.3, -0.25) is 4.68 Å². The molecular weight excluding hydrogens is 340 g/mol. The lowest BCUT2D eigenvalue weighted by Gasteiger charge is -2.08. The number of aryl methyl sites for hydroxylation is 2. The van der Waals surface area contributed by atoms with E-state index in [-0.39, 0.29) is 0 Å². The first kappa shape index (κ1) is 14.9. The Morgan fingerprint density at radius 2 is 2.25 bits per heavy atom. The Kier molecular flexibility index (Phi) is 4.69. The van der Waals surface area contributed by atoms with Gasteiger partial charge >= 0.3 is 0 Å². The molecule has 0 bridgehead atoms. The maximum absolute atomic E-state index is 8.85. The van der Waals surface area contributed by atoms with E-state index >= 15 is 0 Å². The molecule has 20 heavy (non-hydrogen) atoms.